The van der Waals surface area contributed by atoms with Gasteiger partial charge in [-0.05, 0) is 45.6 Å². The molecule has 0 spiro atoms. The van der Waals surface area contributed by atoms with Gasteiger partial charge in [0.1, 0.15) is 0 Å². The van der Waals surface area contributed by atoms with Crippen LogP contribution < -0.4 is 5.32 Å². The van der Waals surface area contributed by atoms with Crippen LogP contribution in [0.5, 0.6) is 0 Å². The van der Waals surface area contributed by atoms with E-state index in [0.29, 0.717) is 12.6 Å². The van der Waals surface area contributed by atoms with Gasteiger partial charge in [0.15, 0.2) is 0 Å². The predicted octanol–water partition coefficient (Wildman–Crippen LogP) is 2.66. The molecule has 2 atom stereocenters. The van der Waals surface area contributed by atoms with E-state index in [1.54, 1.807) is 0 Å². The van der Waals surface area contributed by atoms with Gasteiger partial charge in [-0.3, -0.25) is 4.79 Å². The normalized spacial score (nSPS) is 24.3. The second kappa shape index (κ2) is 8.29. The summed E-state index contributed by atoms with van der Waals surface area (Å²) in [7, 11) is 0. The molecule has 1 N–H and O–H groups in total. The van der Waals surface area contributed by atoms with Crippen molar-refractivity contribution in [2.75, 3.05) is 13.2 Å². The van der Waals surface area contributed by atoms with Crippen molar-refractivity contribution < 1.29 is 9.53 Å². The molecule has 98 valence electrons. The molecule has 0 aliphatic heterocycles. The maximum Gasteiger partial charge on any atom is 0.308 e. The molecule has 0 radical (unpaired) electrons. The summed E-state index contributed by atoms with van der Waals surface area (Å²) in [5.41, 5.74) is 0. The summed E-state index contributed by atoms with van der Waals surface area (Å²) < 4.78 is 5.09. The molecule has 1 aliphatic carbocycles. The number of carbonyl (C=O) groups excluding carboxylic acids is 1. The Hall–Kier alpha value is -0.830. The predicted molar refractivity (Wildman–Crippen MR) is 69.8 cm³/mol. The van der Waals surface area contributed by atoms with Crippen LogP contribution in [0, 0.1) is 5.92 Å². The standard InChI is InChI=1S/C14H25NO2/c1-3-5-6-10-15-13-9-7-8-12(11-13)14(16)17-4-2/h3,12-13,15H,1,4-11H2,2H3. The Morgan fingerprint density at radius 3 is 3.06 bits per heavy atom. The van der Waals surface area contributed by atoms with E-state index in [9.17, 15) is 4.79 Å². The highest BCUT2D eigenvalue weighted by molar-refractivity contribution is 5.72. The van der Waals surface area contributed by atoms with Crippen LogP contribution in [-0.4, -0.2) is 25.2 Å². The lowest BCUT2D eigenvalue weighted by Crippen LogP contribution is -2.37. The molecular formula is C14H25NO2. The van der Waals surface area contributed by atoms with Crippen LogP contribution in [0.25, 0.3) is 0 Å². The summed E-state index contributed by atoms with van der Waals surface area (Å²) in [4.78, 5) is 11.7. The average molecular weight is 239 g/mol. The second-order valence-electron chi connectivity index (χ2n) is 4.70. The maximum atomic E-state index is 11.7. The zero-order chi connectivity index (χ0) is 12.5. The van der Waals surface area contributed by atoms with Crippen LogP contribution in [0.4, 0.5) is 0 Å². The second-order valence-corrected chi connectivity index (χ2v) is 4.70. The van der Waals surface area contributed by atoms with Crippen molar-refractivity contribution in [3.63, 3.8) is 0 Å². The van der Waals surface area contributed by atoms with Gasteiger partial charge >= 0.3 is 5.97 Å². The molecule has 0 aromatic rings. The Kier molecular flexibility index (Phi) is 6.94. The third kappa shape index (κ3) is 5.35. The fraction of sp³-hybridized carbons (Fsp3) is 0.786. The molecule has 0 saturated heterocycles. The quantitative estimate of drug-likeness (QED) is 0.422. The molecule has 17 heavy (non-hydrogen) atoms. The van der Waals surface area contributed by atoms with Crippen molar-refractivity contribution in [1.29, 1.82) is 0 Å². The highest BCUT2D eigenvalue weighted by atomic mass is 16.5. The number of nitrogens with one attached hydrogen (secondary N) is 1. The number of hydrogen-bond acceptors (Lipinski definition) is 3. The Morgan fingerprint density at radius 2 is 2.35 bits per heavy atom. The van der Waals surface area contributed by atoms with Crippen LogP contribution >= 0.6 is 0 Å². The summed E-state index contributed by atoms with van der Waals surface area (Å²) in [5.74, 6) is 0.102. The summed E-state index contributed by atoms with van der Waals surface area (Å²) in [6.07, 6.45) is 8.37. The van der Waals surface area contributed by atoms with Crippen molar-refractivity contribution in [3.8, 4) is 0 Å². The smallest absolute Gasteiger partial charge is 0.308 e. The topological polar surface area (TPSA) is 38.3 Å². The first kappa shape index (κ1) is 14.2. The first-order chi connectivity index (χ1) is 8.27. The lowest BCUT2D eigenvalue weighted by atomic mass is 9.85. The van der Waals surface area contributed by atoms with E-state index < -0.39 is 0 Å². The minimum atomic E-state index is -0.00917. The zero-order valence-electron chi connectivity index (χ0n) is 10.9. The van der Waals surface area contributed by atoms with E-state index in [-0.39, 0.29) is 11.9 Å². The fourth-order valence-electron chi connectivity index (χ4n) is 2.40. The fourth-order valence-corrected chi connectivity index (χ4v) is 2.40. The van der Waals surface area contributed by atoms with Gasteiger partial charge in [-0.2, -0.15) is 0 Å². The van der Waals surface area contributed by atoms with E-state index in [1.807, 2.05) is 13.0 Å². The summed E-state index contributed by atoms with van der Waals surface area (Å²) in [6.45, 7) is 7.09. The van der Waals surface area contributed by atoms with Gasteiger partial charge in [-0.15, -0.1) is 6.58 Å². The number of carbonyl (C=O) groups is 1. The minimum Gasteiger partial charge on any atom is -0.466 e. The molecule has 1 aliphatic rings. The van der Waals surface area contributed by atoms with E-state index in [2.05, 4.69) is 11.9 Å². The zero-order valence-corrected chi connectivity index (χ0v) is 10.9. The molecule has 1 fully saturated rings. The molecule has 1 rings (SSSR count). The van der Waals surface area contributed by atoms with Crippen molar-refractivity contribution in [1.82, 2.24) is 5.32 Å². The molecule has 0 aromatic carbocycles. The van der Waals surface area contributed by atoms with Crippen LogP contribution in [-0.2, 0) is 9.53 Å². The van der Waals surface area contributed by atoms with Gasteiger partial charge in [0.25, 0.3) is 0 Å². The van der Waals surface area contributed by atoms with Crippen LogP contribution in [0.15, 0.2) is 12.7 Å². The van der Waals surface area contributed by atoms with Crippen molar-refractivity contribution in [2.45, 2.75) is 51.5 Å². The van der Waals surface area contributed by atoms with Crippen LogP contribution in [0.3, 0.4) is 0 Å². The molecule has 3 nitrogen and oxygen atoms in total. The highest BCUT2D eigenvalue weighted by Gasteiger charge is 2.27. The van der Waals surface area contributed by atoms with E-state index in [0.717, 1.165) is 38.6 Å². The average Bonchev–Trinajstić information content (AvgIpc) is 2.35. The van der Waals surface area contributed by atoms with Crippen molar-refractivity contribution in [3.05, 3.63) is 12.7 Å². The van der Waals surface area contributed by atoms with E-state index >= 15 is 0 Å². The minimum absolute atomic E-state index is 0.00917. The summed E-state index contributed by atoms with van der Waals surface area (Å²) in [5, 5.41) is 3.53. The van der Waals surface area contributed by atoms with Crippen molar-refractivity contribution in [2.24, 2.45) is 5.92 Å². The maximum absolute atomic E-state index is 11.7. The number of esters is 1. The SMILES string of the molecule is C=CCCCNC1CCCC(C(=O)OCC)C1. The monoisotopic (exact) mass is 239 g/mol. The number of rotatable bonds is 7. The Balaban J connectivity index is 2.23. The lowest BCUT2D eigenvalue weighted by molar-refractivity contribution is -0.149. The molecule has 0 heterocycles. The van der Waals surface area contributed by atoms with E-state index in [1.165, 1.54) is 6.42 Å². The van der Waals surface area contributed by atoms with Gasteiger partial charge < -0.3 is 10.1 Å². The Labute approximate surface area is 105 Å². The van der Waals surface area contributed by atoms with E-state index in [4.69, 9.17) is 4.74 Å². The molecule has 3 heteroatoms. The summed E-state index contributed by atoms with van der Waals surface area (Å²) >= 11 is 0. The molecule has 2 unspecified atom stereocenters. The lowest BCUT2D eigenvalue weighted by Gasteiger charge is -2.28. The molecule has 0 amide bonds. The molecule has 0 aromatic heterocycles. The third-order valence-corrected chi connectivity index (χ3v) is 3.31. The van der Waals surface area contributed by atoms with Gasteiger partial charge in [0.2, 0.25) is 0 Å². The number of hydrogen-bond donors (Lipinski definition) is 1. The first-order valence-corrected chi connectivity index (χ1v) is 6.78. The Bertz CT molecular complexity index is 240. The van der Waals surface area contributed by atoms with Crippen molar-refractivity contribution >= 4 is 5.97 Å². The molecular weight excluding hydrogens is 214 g/mol. The first-order valence-electron chi connectivity index (χ1n) is 6.78. The Morgan fingerprint density at radius 1 is 1.53 bits per heavy atom. The third-order valence-electron chi connectivity index (χ3n) is 3.31. The van der Waals surface area contributed by atoms with Crippen LogP contribution in [0.2, 0.25) is 0 Å². The molecule has 1 saturated carbocycles. The number of ether oxygens (including phenoxy) is 1. The highest BCUT2D eigenvalue weighted by Crippen LogP contribution is 2.25. The number of allylic oxidation sites excluding steroid dienone is 1. The van der Waals surface area contributed by atoms with Gasteiger partial charge in [0.05, 0.1) is 12.5 Å². The van der Waals surface area contributed by atoms with Gasteiger partial charge in [0, 0.05) is 6.04 Å². The van der Waals surface area contributed by atoms with Gasteiger partial charge in [-0.25, -0.2) is 0 Å². The summed E-state index contributed by atoms with van der Waals surface area (Å²) in [6, 6.07) is 0.489. The van der Waals surface area contributed by atoms with Crippen LogP contribution in [0.1, 0.15) is 45.4 Å². The van der Waals surface area contributed by atoms with Gasteiger partial charge in [-0.1, -0.05) is 12.5 Å². The largest absolute Gasteiger partial charge is 0.466 e. The number of unbranched alkanes of at least 4 members (excludes halogenated alkanes) is 1. The molecule has 0 bridgehead atoms.